The first-order chi connectivity index (χ1) is 41.1. The Balaban J connectivity index is -0.00000111. The molecule has 0 spiro atoms. The molecular formula is C71H136O13. The van der Waals surface area contributed by atoms with Crippen molar-refractivity contribution in [1.29, 1.82) is 0 Å². The standard InChI is InChI=1S/C25H48O5.C23H44O4.C18H38O.C5H6O3/c1-2-3-4-5-6-7-8-9-10-11-12-13-14-15-16-17-22-29-24(27)19-18-20-25(28)30-23-21-26;1-2-3-4-5-6-7-8-9-10-11-12-13-14-15-16-17-21-27-23(26)20-18-19-22(24)25;1-2-3-4-5-6-7-8-9-10-11-12-13-14-15-16-17-18-19;6-4-2-1-3-5(7)8-4/h26H,2-23H2,1H3;2-21H2,1H3,(H,24,25);19H,2-18H2,1H3;1-3H2. The fourth-order valence-corrected chi connectivity index (χ4v) is 10.1. The Kier molecular flexibility index (Phi) is 77.1. The van der Waals surface area contributed by atoms with Gasteiger partial charge in [0.15, 0.2) is 0 Å². The molecule has 0 aromatic carbocycles. The van der Waals surface area contributed by atoms with Crippen LogP contribution >= 0.6 is 0 Å². The van der Waals surface area contributed by atoms with Gasteiger partial charge in [0.2, 0.25) is 0 Å². The van der Waals surface area contributed by atoms with Crippen molar-refractivity contribution in [2.24, 2.45) is 0 Å². The summed E-state index contributed by atoms with van der Waals surface area (Å²) in [5, 5.41) is 25.7. The van der Waals surface area contributed by atoms with Crippen LogP contribution in [0.3, 0.4) is 0 Å². The molecule has 0 unspecified atom stereocenters. The number of carbonyl (C=O) groups is 6. The Labute approximate surface area is 516 Å². The lowest BCUT2D eigenvalue weighted by atomic mass is 10.0. The number of cyclic esters (lactones) is 2. The molecule has 1 aliphatic rings. The van der Waals surface area contributed by atoms with E-state index in [9.17, 15) is 28.8 Å². The first-order valence-corrected chi connectivity index (χ1v) is 35.7. The number of carboxylic acids is 1. The first-order valence-electron chi connectivity index (χ1n) is 35.7. The summed E-state index contributed by atoms with van der Waals surface area (Å²) in [6.07, 6.45) is 67.6. The summed E-state index contributed by atoms with van der Waals surface area (Å²) in [5.41, 5.74) is 0. The van der Waals surface area contributed by atoms with Crippen LogP contribution in [0.25, 0.3) is 0 Å². The minimum atomic E-state index is -0.861. The molecule has 13 heteroatoms. The highest BCUT2D eigenvalue weighted by Crippen LogP contribution is 2.17. The van der Waals surface area contributed by atoms with Gasteiger partial charge in [0.1, 0.15) is 6.61 Å². The first kappa shape index (κ1) is 85.1. The maximum atomic E-state index is 11.6. The predicted molar refractivity (Wildman–Crippen MR) is 346 cm³/mol. The van der Waals surface area contributed by atoms with Crippen molar-refractivity contribution in [3.8, 4) is 0 Å². The Hall–Kier alpha value is -3.06. The lowest BCUT2D eigenvalue weighted by molar-refractivity contribution is -0.163. The minimum absolute atomic E-state index is 0.0164. The fraction of sp³-hybridized carbons (Fsp3) is 0.915. The van der Waals surface area contributed by atoms with Crippen molar-refractivity contribution in [3.63, 3.8) is 0 Å². The molecule has 1 rings (SSSR count). The van der Waals surface area contributed by atoms with Crippen molar-refractivity contribution in [2.75, 3.05) is 33.0 Å². The Morgan fingerprint density at radius 3 is 0.750 bits per heavy atom. The molecule has 0 amide bonds. The second-order valence-electron chi connectivity index (χ2n) is 23.8. The van der Waals surface area contributed by atoms with Crippen LogP contribution in [-0.4, -0.2) is 84.2 Å². The van der Waals surface area contributed by atoms with Gasteiger partial charge in [-0.3, -0.25) is 28.8 Å². The van der Waals surface area contributed by atoms with Crippen molar-refractivity contribution in [2.45, 2.75) is 387 Å². The molecule has 1 aliphatic heterocycles. The second kappa shape index (κ2) is 76.0. The van der Waals surface area contributed by atoms with E-state index in [1.807, 2.05) is 0 Å². The zero-order chi connectivity index (χ0) is 62.1. The Bertz CT molecular complexity index is 1360. The third kappa shape index (κ3) is 81.0. The van der Waals surface area contributed by atoms with E-state index in [1.165, 1.54) is 276 Å². The van der Waals surface area contributed by atoms with E-state index in [2.05, 4.69) is 25.5 Å². The predicted octanol–water partition coefficient (Wildman–Crippen LogP) is 20.0. The van der Waals surface area contributed by atoms with E-state index in [-0.39, 0.29) is 68.7 Å². The summed E-state index contributed by atoms with van der Waals surface area (Å²) in [6, 6.07) is 0. The average Bonchev–Trinajstić information content (AvgIpc) is 3.48. The van der Waals surface area contributed by atoms with Gasteiger partial charge in [0.25, 0.3) is 0 Å². The molecule has 498 valence electrons. The second-order valence-corrected chi connectivity index (χ2v) is 23.8. The SMILES string of the molecule is CCCCCCCCCCCCCCCCCCO.CCCCCCCCCCCCCCCCCCOC(=O)CCCC(=O)O.CCCCCCCCCCCCCCCCCCOC(=O)CCCC(=O)OCCO.O=C1CCCC(=O)O1. The number of aliphatic carboxylic acids is 1. The van der Waals surface area contributed by atoms with Crippen LogP contribution in [0.4, 0.5) is 0 Å². The molecular weight excluding hydrogens is 1060 g/mol. The normalized spacial score (nSPS) is 11.8. The fourth-order valence-electron chi connectivity index (χ4n) is 10.1. The molecule has 0 atom stereocenters. The van der Waals surface area contributed by atoms with Gasteiger partial charge in [-0.15, -0.1) is 0 Å². The summed E-state index contributed by atoms with van der Waals surface area (Å²) in [7, 11) is 0. The molecule has 13 nitrogen and oxygen atoms in total. The molecule has 1 heterocycles. The number of hydrogen-bond donors (Lipinski definition) is 3. The highest BCUT2D eigenvalue weighted by atomic mass is 16.6. The smallest absolute Gasteiger partial charge is 0.313 e. The maximum absolute atomic E-state index is 11.6. The maximum Gasteiger partial charge on any atom is 0.313 e. The number of ether oxygens (including phenoxy) is 4. The van der Waals surface area contributed by atoms with E-state index in [0.717, 1.165) is 32.1 Å². The number of aliphatic hydroxyl groups is 2. The Morgan fingerprint density at radius 1 is 0.310 bits per heavy atom. The monoisotopic (exact) mass is 1200 g/mol. The molecule has 0 aromatic heterocycles. The van der Waals surface area contributed by atoms with Crippen LogP contribution in [0, 0.1) is 0 Å². The van der Waals surface area contributed by atoms with E-state index in [4.69, 9.17) is 29.5 Å². The van der Waals surface area contributed by atoms with Crippen molar-refractivity contribution in [3.05, 3.63) is 0 Å². The van der Waals surface area contributed by atoms with Gasteiger partial charge in [-0.25, -0.2) is 0 Å². The van der Waals surface area contributed by atoms with Crippen LogP contribution in [0.5, 0.6) is 0 Å². The number of carbonyl (C=O) groups excluding carboxylic acids is 5. The lowest BCUT2D eigenvalue weighted by Gasteiger charge is -2.06. The summed E-state index contributed by atoms with van der Waals surface area (Å²) in [6.45, 7) is 8.00. The lowest BCUT2D eigenvalue weighted by Crippen LogP contribution is -2.17. The molecule has 0 aliphatic carbocycles. The van der Waals surface area contributed by atoms with Crippen molar-refractivity contribution >= 4 is 35.8 Å². The highest BCUT2D eigenvalue weighted by Gasteiger charge is 2.16. The number of aliphatic hydroxyl groups excluding tert-OH is 2. The van der Waals surface area contributed by atoms with Crippen LogP contribution < -0.4 is 0 Å². The van der Waals surface area contributed by atoms with E-state index >= 15 is 0 Å². The van der Waals surface area contributed by atoms with Crippen LogP contribution in [0.2, 0.25) is 0 Å². The molecule has 3 N–H and O–H groups in total. The van der Waals surface area contributed by atoms with E-state index in [1.54, 1.807) is 0 Å². The third-order valence-corrected chi connectivity index (χ3v) is 15.4. The zero-order valence-electron chi connectivity index (χ0n) is 55.3. The van der Waals surface area contributed by atoms with E-state index in [0.29, 0.717) is 51.9 Å². The molecule has 84 heavy (non-hydrogen) atoms. The summed E-state index contributed by atoms with van der Waals surface area (Å²) >= 11 is 0. The van der Waals surface area contributed by atoms with Gasteiger partial charge in [-0.1, -0.05) is 310 Å². The summed E-state index contributed by atoms with van der Waals surface area (Å²) < 4.78 is 19.2. The highest BCUT2D eigenvalue weighted by molar-refractivity contribution is 5.87. The Morgan fingerprint density at radius 2 is 0.536 bits per heavy atom. The van der Waals surface area contributed by atoms with Gasteiger partial charge in [0.05, 0.1) is 19.8 Å². The average molecular weight is 1200 g/mol. The molecule has 1 saturated heterocycles. The van der Waals surface area contributed by atoms with Gasteiger partial charge in [-0.05, 0) is 38.5 Å². The largest absolute Gasteiger partial charge is 0.481 e. The quantitative estimate of drug-likeness (QED) is 0.0225. The van der Waals surface area contributed by atoms with Crippen LogP contribution in [0.15, 0.2) is 0 Å². The van der Waals surface area contributed by atoms with Crippen LogP contribution in [0.1, 0.15) is 387 Å². The minimum Gasteiger partial charge on any atom is -0.481 e. The van der Waals surface area contributed by atoms with Gasteiger partial charge in [-0.2, -0.15) is 0 Å². The van der Waals surface area contributed by atoms with Crippen LogP contribution in [-0.2, 0) is 47.7 Å². The number of carboxylic acid groups (broad SMARTS) is 1. The molecule has 1 fully saturated rings. The number of esters is 5. The van der Waals surface area contributed by atoms with Gasteiger partial charge >= 0.3 is 35.8 Å². The summed E-state index contributed by atoms with van der Waals surface area (Å²) in [5.74, 6) is -2.53. The molecule has 0 bridgehead atoms. The number of rotatable bonds is 60. The van der Waals surface area contributed by atoms with Crippen molar-refractivity contribution in [1.82, 2.24) is 0 Å². The molecule has 0 saturated carbocycles. The van der Waals surface area contributed by atoms with Gasteiger partial charge in [0, 0.05) is 45.1 Å². The zero-order valence-corrected chi connectivity index (χ0v) is 55.3. The number of hydrogen-bond acceptors (Lipinski definition) is 12. The van der Waals surface area contributed by atoms with Gasteiger partial charge < -0.3 is 34.3 Å². The summed E-state index contributed by atoms with van der Waals surface area (Å²) in [4.78, 5) is 65.0. The number of unbranched alkanes of at least 4 members (excludes halogenated alkanes) is 45. The topological polar surface area (TPSA) is 200 Å². The third-order valence-electron chi connectivity index (χ3n) is 15.4. The molecule has 0 radical (unpaired) electrons. The molecule has 0 aromatic rings. The van der Waals surface area contributed by atoms with E-state index < -0.39 is 5.97 Å². The van der Waals surface area contributed by atoms with Crippen molar-refractivity contribution < 1.29 is 63.0 Å².